The molecule has 2 saturated heterocycles. The van der Waals surface area contributed by atoms with Gasteiger partial charge >= 0.3 is 0 Å². The van der Waals surface area contributed by atoms with Crippen LogP contribution in [0, 0.1) is 0 Å². The molecule has 2 heterocycles. The van der Waals surface area contributed by atoms with Crippen molar-refractivity contribution in [1.29, 1.82) is 0 Å². The number of aryl methyl sites for hydroxylation is 2. The maximum atomic E-state index is 13.6. The van der Waals surface area contributed by atoms with Crippen molar-refractivity contribution in [2.75, 3.05) is 59.5 Å². The first-order valence-electron chi connectivity index (χ1n) is 11.2. The van der Waals surface area contributed by atoms with Crippen LogP contribution in [0.4, 0.5) is 0 Å². The quantitative estimate of drug-likeness (QED) is 0.674. The zero-order valence-corrected chi connectivity index (χ0v) is 18.5. The number of ether oxygens (including phenoxy) is 1. The second-order valence-electron chi connectivity index (χ2n) is 8.74. The van der Waals surface area contributed by atoms with Crippen LogP contribution in [0.25, 0.3) is 0 Å². The SMILES string of the molecule is CN1CCN(CCCN(C2CCOCC2)S(=O)(=O)c2ccc3c(c2)CCC3)CC1. The zero-order chi connectivity index (χ0) is 20.3. The molecule has 0 N–H and O–H groups in total. The highest BCUT2D eigenvalue weighted by Gasteiger charge is 2.33. The summed E-state index contributed by atoms with van der Waals surface area (Å²) in [7, 11) is -1.32. The molecule has 29 heavy (non-hydrogen) atoms. The van der Waals surface area contributed by atoms with E-state index in [-0.39, 0.29) is 6.04 Å². The van der Waals surface area contributed by atoms with Crippen molar-refractivity contribution in [3.05, 3.63) is 29.3 Å². The van der Waals surface area contributed by atoms with Gasteiger partial charge in [0.15, 0.2) is 0 Å². The number of hydrogen-bond acceptors (Lipinski definition) is 5. The molecule has 2 aliphatic heterocycles. The Kier molecular flexibility index (Phi) is 6.91. The smallest absolute Gasteiger partial charge is 0.243 e. The van der Waals surface area contributed by atoms with E-state index in [2.05, 4.69) is 16.8 Å². The van der Waals surface area contributed by atoms with E-state index in [1.807, 2.05) is 18.2 Å². The summed E-state index contributed by atoms with van der Waals surface area (Å²) >= 11 is 0. The topological polar surface area (TPSA) is 53.1 Å². The van der Waals surface area contributed by atoms with Gasteiger partial charge in [-0.1, -0.05) is 6.07 Å². The van der Waals surface area contributed by atoms with Crippen molar-refractivity contribution in [1.82, 2.24) is 14.1 Å². The molecule has 2 fully saturated rings. The fraction of sp³-hybridized carbons (Fsp3) is 0.727. The van der Waals surface area contributed by atoms with Crippen LogP contribution in [0.5, 0.6) is 0 Å². The summed E-state index contributed by atoms with van der Waals surface area (Å²) < 4.78 is 34.5. The molecule has 0 aromatic heterocycles. The fourth-order valence-corrected chi connectivity index (χ4v) is 6.61. The predicted molar refractivity (Wildman–Crippen MR) is 115 cm³/mol. The van der Waals surface area contributed by atoms with Crippen LogP contribution in [-0.2, 0) is 27.6 Å². The van der Waals surface area contributed by atoms with Crippen LogP contribution in [0.3, 0.4) is 0 Å². The average Bonchev–Trinajstić information content (AvgIpc) is 3.21. The molecular weight excluding hydrogens is 386 g/mol. The minimum Gasteiger partial charge on any atom is -0.381 e. The van der Waals surface area contributed by atoms with Gasteiger partial charge in [-0.2, -0.15) is 4.31 Å². The van der Waals surface area contributed by atoms with Gasteiger partial charge in [-0.3, -0.25) is 0 Å². The van der Waals surface area contributed by atoms with E-state index in [0.717, 1.165) is 71.2 Å². The van der Waals surface area contributed by atoms with Gasteiger partial charge in [0, 0.05) is 52.0 Å². The fourth-order valence-electron chi connectivity index (χ4n) is 4.84. The Bertz CT molecular complexity index is 784. The summed E-state index contributed by atoms with van der Waals surface area (Å²) in [6.45, 7) is 7.20. The lowest BCUT2D eigenvalue weighted by Gasteiger charge is -2.35. The summed E-state index contributed by atoms with van der Waals surface area (Å²) in [6.07, 6.45) is 5.67. The molecule has 0 amide bonds. The van der Waals surface area contributed by atoms with E-state index in [1.165, 1.54) is 11.1 Å². The molecule has 7 heteroatoms. The largest absolute Gasteiger partial charge is 0.381 e. The van der Waals surface area contributed by atoms with Crippen LogP contribution in [-0.4, -0.2) is 88.1 Å². The minimum atomic E-state index is -3.48. The van der Waals surface area contributed by atoms with Gasteiger partial charge in [-0.25, -0.2) is 8.42 Å². The number of piperazine rings is 1. The maximum absolute atomic E-state index is 13.6. The molecule has 3 aliphatic rings. The van der Waals surface area contributed by atoms with Crippen LogP contribution in [0.2, 0.25) is 0 Å². The minimum absolute atomic E-state index is 0.0505. The van der Waals surface area contributed by atoms with E-state index >= 15 is 0 Å². The third-order valence-electron chi connectivity index (χ3n) is 6.72. The van der Waals surface area contributed by atoms with Gasteiger partial charge < -0.3 is 14.5 Å². The number of likely N-dealkylation sites (N-methyl/N-ethyl adjacent to an activating group) is 1. The molecule has 0 unspecified atom stereocenters. The summed E-state index contributed by atoms with van der Waals surface area (Å²) in [5.41, 5.74) is 2.53. The summed E-state index contributed by atoms with van der Waals surface area (Å²) in [5.74, 6) is 0. The number of nitrogens with zero attached hydrogens (tertiary/aromatic N) is 3. The molecule has 4 rings (SSSR count). The molecule has 0 bridgehead atoms. The van der Waals surface area contributed by atoms with E-state index in [1.54, 1.807) is 4.31 Å². The Hall–Kier alpha value is -0.990. The number of sulfonamides is 1. The average molecular weight is 422 g/mol. The van der Waals surface area contributed by atoms with Gasteiger partial charge in [-0.15, -0.1) is 0 Å². The zero-order valence-electron chi connectivity index (χ0n) is 17.7. The number of fused-ring (bicyclic) bond motifs is 1. The normalized spacial score (nSPS) is 22.3. The van der Waals surface area contributed by atoms with E-state index in [0.29, 0.717) is 24.7 Å². The molecule has 6 nitrogen and oxygen atoms in total. The highest BCUT2D eigenvalue weighted by molar-refractivity contribution is 7.89. The van der Waals surface area contributed by atoms with Gasteiger partial charge in [0.25, 0.3) is 0 Å². The second kappa shape index (κ2) is 9.43. The Morgan fingerprint density at radius 3 is 2.55 bits per heavy atom. The standard InChI is InChI=1S/C22H35N3O3S/c1-23-12-14-24(15-13-23)10-3-11-25(21-8-16-28-17-9-21)29(26,27)22-7-6-19-4-2-5-20(19)18-22/h6-7,18,21H,2-5,8-17H2,1H3. The van der Waals surface area contributed by atoms with Crippen molar-refractivity contribution in [3.63, 3.8) is 0 Å². The Labute approximate surface area is 175 Å². The van der Waals surface area contributed by atoms with Crippen molar-refractivity contribution in [3.8, 4) is 0 Å². The number of rotatable bonds is 7. The van der Waals surface area contributed by atoms with Crippen LogP contribution in [0.15, 0.2) is 23.1 Å². The van der Waals surface area contributed by atoms with E-state index in [9.17, 15) is 8.42 Å². The second-order valence-corrected chi connectivity index (χ2v) is 10.6. The lowest BCUT2D eigenvalue weighted by atomic mass is 10.1. The first-order chi connectivity index (χ1) is 14.0. The van der Waals surface area contributed by atoms with E-state index in [4.69, 9.17) is 4.74 Å². The highest BCUT2D eigenvalue weighted by Crippen LogP contribution is 2.29. The molecule has 1 aliphatic carbocycles. The van der Waals surface area contributed by atoms with Crippen molar-refractivity contribution >= 4 is 10.0 Å². The third-order valence-corrected chi connectivity index (χ3v) is 8.67. The predicted octanol–water partition coefficient (Wildman–Crippen LogP) is 1.98. The Morgan fingerprint density at radius 2 is 1.79 bits per heavy atom. The summed E-state index contributed by atoms with van der Waals surface area (Å²) in [5, 5.41) is 0. The summed E-state index contributed by atoms with van der Waals surface area (Å²) in [4.78, 5) is 5.29. The van der Waals surface area contributed by atoms with Crippen molar-refractivity contribution in [2.24, 2.45) is 0 Å². The van der Waals surface area contributed by atoms with Gasteiger partial charge in [0.05, 0.1) is 4.90 Å². The molecule has 1 aromatic carbocycles. The van der Waals surface area contributed by atoms with E-state index < -0.39 is 10.0 Å². The number of hydrogen-bond donors (Lipinski definition) is 0. The molecule has 0 saturated carbocycles. The molecule has 0 radical (unpaired) electrons. The van der Waals surface area contributed by atoms with Crippen LogP contribution < -0.4 is 0 Å². The summed E-state index contributed by atoms with van der Waals surface area (Å²) in [6, 6.07) is 5.84. The molecule has 1 aromatic rings. The first-order valence-corrected chi connectivity index (χ1v) is 12.6. The molecular formula is C22H35N3O3S. The van der Waals surface area contributed by atoms with Crippen molar-refractivity contribution < 1.29 is 13.2 Å². The maximum Gasteiger partial charge on any atom is 0.243 e. The monoisotopic (exact) mass is 421 g/mol. The number of benzene rings is 1. The molecule has 162 valence electrons. The highest BCUT2D eigenvalue weighted by atomic mass is 32.2. The van der Waals surface area contributed by atoms with Crippen LogP contribution >= 0.6 is 0 Å². The molecule has 0 spiro atoms. The molecule has 0 atom stereocenters. The van der Waals surface area contributed by atoms with Gasteiger partial charge in [-0.05, 0) is 75.4 Å². The van der Waals surface area contributed by atoms with Crippen LogP contribution in [0.1, 0.15) is 36.8 Å². The van der Waals surface area contributed by atoms with Gasteiger partial charge in [0.2, 0.25) is 10.0 Å². The van der Waals surface area contributed by atoms with Gasteiger partial charge in [0.1, 0.15) is 0 Å². The Balaban J connectivity index is 1.47. The Morgan fingerprint density at radius 1 is 1.07 bits per heavy atom. The van der Waals surface area contributed by atoms with Crippen molar-refractivity contribution in [2.45, 2.75) is 49.5 Å². The lowest BCUT2D eigenvalue weighted by molar-refractivity contribution is 0.0571. The lowest BCUT2D eigenvalue weighted by Crippen LogP contribution is -2.47. The first kappa shape index (κ1) is 21.2. The third kappa shape index (κ3) is 5.02.